The minimum absolute atomic E-state index is 0.0377. The highest BCUT2D eigenvalue weighted by Crippen LogP contribution is 2.40. The van der Waals surface area contributed by atoms with Crippen molar-refractivity contribution in [3.63, 3.8) is 0 Å². The second-order valence-electron chi connectivity index (χ2n) is 6.28. The van der Waals surface area contributed by atoms with Crippen molar-refractivity contribution in [3.8, 4) is 11.8 Å². The highest BCUT2D eigenvalue weighted by molar-refractivity contribution is 5.94. The van der Waals surface area contributed by atoms with Gasteiger partial charge in [0.2, 0.25) is 5.91 Å². The van der Waals surface area contributed by atoms with E-state index < -0.39 is 0 Å². The third-order valence-electron chi connectivity index (χ3n) is 4.58. The van der Waals surface area contributed by atoms with E-state index in [-0.39, 0.29) is 18.0 Å². The van der Waals surface area contributed by atoms with Crippen LogP contribution in [0.25, 0.3) is 0 Å². The van der Waals surface area contributed by atoms with Crippen LogP contribution in [0.4, 0.5) is 11.4 Å². The summed E-state index contributed by atoms with van der Waals surface area (Å²) in [5, 5.41) is 12.5. The van der Waals surface area contributed by atoms with Crippen molar-refractivity contribution >= 4 is 17.3 Å². The van der Waals surface area contributed by atoms with E-state index in [9.17, 15) is 4.79 Å². The van der Waals surface area contributed by atoms with E-state index in [0.717, 1.165) is 29.1 Å². The molecule has 1 aliphatic rings. The average molecular weight is 335 g/mol. The third kappa shape index (κ3) is 3.29. The van der Waals surface area contributed by atoms with Crippen LogP contribution >= 0.6 is 0 Å². The van der Waals surface area contributed by atoms with Gasteiger partial charge in [0.1, 0.15) is 5.75 Å². The molecule has 2 atom stereocenters. The van der Waals surface area contributed by atoms with E-state index in [1.807, 2.05) is 35.2 Å². The summed E-state index contributed by atoms with van der Waals surface area (Å²) in [4.78, 5) is 13.9. The Morgan fingerprint density at radius 2 is 2.00 bits per heavy atom. The molecular weight excluding hydrogens is 314 g/mol. The first-order valence-corrected chi connectivity index (χ1v) is 8.28. The van der Waals surface area contributed by atoms with Gasteiger partial charge in [-0.15, -0.1) is 0 Å². The second kappa shape index (κ2) is 6.86. The maximum Gasteiger partial charge on any atom is 0.224 e. The van der Waals surface area contributed by atoms with Crippen molar-refractivity contribution in [2.75, 3.05) is 17.3 Å². The molecule has 5 nitrogen and oxygen atoms in total. The SMILES string of the molecule is COc1ccc2c(c1)C(Nc1ccc(C#N)cc1)CC(C)N2C(C)=O. The molecule has 0 saturated carbocycles. The molecule has 25 heavy (non-hydrogen) atoms. The second-order valence-corrected chi connectivity index (χ2v) is 6.28. The molecule has 128 valence electrons. The molecule has 2 aromatic carbocycles. The Balaban J connectivity index is 1.98. The minimum atomic E-state index is 0.0377. The number of ether oxygens (including phenoxy) is 1. The van der Waals surface area contributed by atoms with Gasteiger partial charge in [-0.3, -0.25) is 4.79 Å². The van der Waals surface area contributed by atoms with Gasteiger partial charge in [0.25, 0.3) is 0 Å². The summed E-state index contributed by atoms with van der Waals surface area (Å²) in [7, 11) is 1.64. The van der Waals surface area contributed by atoms with Crippen LogP contribution in [0.15, 0.2) is 42.5 Å². The molecule has 5 heteroatoms. The molecule has 1 amide bonds. The Kier molecular flexibility index (Phi) is 4.62. The molecule has 0 radical (unpaired) electrons. The van der Waals surface area contributed by atoms with E-state index >= 15 is 0 Å². The van der Waals surface area contributed by atoms with Crippen LogP contribution in [0.5, 0.6) is 5.75 Å². The zero-order valence-corrected chi connectivity index (χ0v) is 14.6. The first kappa shape index (κ1) is 16.8. The van der Waals surface area contributed by atoms with Gasteiger partial charge >= 0.3 is 0 Å². The minimum Gasteiger partial charge on any atom is -0.497 e. The number of fused-ring (bicyclic) bond motifs is 1. The lowest BCUT2D eigenvalue weighted by Gasteiger charge is -2.39. The maximum absolute atomic E-state index is 12.1. The van der Waals surface area contributed by atoms with Crippen molar-refractivity contribution in [2.24, 2.45) is 0 Å². The summed E-state index contributed by atoms with van der Waals surface area (Å²) in [5.41, 5.74) is 3.53. The highest BCUT2D eigenvalue weighted by Gasteiger charge is 2.32. The van der Waals surface area contributed by atoms with Gasteiger partial charge in [-0.1, -0.05) is 0 Å². The number of hydrogen-bond acceptors (Lipinski definition) is 4. The van der Waals surface area contributed by atoms with Gasteiger partial charge in [0, 0.05) is 29.9 Å². The zero-order valence-electron chi connectivity index (χ0n) is 14.6. The van der Waals surface area contributed by atoms with Crippen LogP contribution < -0.4 is 15.0 Å². The van der Waals surface area contributed by atoms with Crippen LogP contribution in [0, 0.1) is 11.3 Å². The van der Waals surface area contributed by atoms with Crippen molar-refractivity contribution in [2.45, 2.75) is 32.4 Å². The number of rotatable bonds is 3. The number of hydrogen-bond donors (Lipinski definition) is 1. The van der Waals surface area contributed by atoms with Gasteiger partial charge in [-0.2, -0.15) is 5.26 Å². The van der Waals surface area contributed by atoms with E-state index in [1.54, 1.807) is 26.2 Å². The lowest BCUT2D eigenvalue weighted by Crippen LogP contribution is -2.43. The Bertz CT molecular complexity index is 824. The van der Waals surface area contributed by atoms with Crippen molar-refractivity contribution < 1.29 is 9.53 Å². The van der Waals surface area contributed by atoms with Crippen molar-refractivity contribution in [1.29, 1.82) is 5.26 Å². The normalized spacial score (nSPS) is 18.9. The van der Waals surface area contributed by atoms with Crippen molar-refractivity contribution in [1.82, 2.24) is 0 Å². The van der Waals surface area contributed by atoms with Crippen LogP contribution in [-0.2, 0) is 4.79 Å². The Morgan fingerprint density at radius 3 is 2.60 bits per heavy atom. The number of amides is 1. The lowest BCUT2D eigenvalue weighted by molar-refractivity contribution is -0.117. The smallest absolute Gasteiger partial charge is 0.224 e. The van der Waals surface area contributed by atoms with Gasteiger partial charge in [0.05, 0.1) is 24.8 Å². The summed E-state index contributed by atoms with van der Waals surface area (Å²) >= 11 is 0. The van der Waals surface area contributed by atoms with Gasteiger partial charge in [-0.25, -0.2) is 0 Å². The highest BCUT2D eigenvalue weighted by atomic mass is 16.5. The number of methoxy groups -OCH3 is 1. The van der Waals surface area contributed by atoms with Gasteiger partial charge in [-0.05, 0) is 55.8 Å². The fourth-order valence-electron chi connectivity index (χ4n) is 3.43. The number of anilines is 2. The molecule has 0 fully saturated rings. The molecule has 1 N–H and O–H groups in total. The molecular formula is C20H21N3O2. The molecule has 1 aliphatic heterocycles. The number of nitriles is 1. The molecule has 3 rings (SSSR count). The van der Waals surface area contributed by atoms with E-state index in [2.05, 4.69) is 18.3 Å². The number of carbonyl (C=O) groups is 1. The predicted octanol–water partition coefficient (Wildman–Crippen LogP) is 3.87. The average Bonchev–Trinajstić information content (AvgIpc) is 2.61. The lowest BCUT2D eigenvalue weighted by atomic mass is 9.91. The predicted molar refractivity (Wildman–Crippen MR) is 97.8 cm³/mol. The molecule has 0 aliphatic carbocycles. The number of nitrogens with one attached hydrogen (secondary N) is 1. The van der Waals surface area contributed by atoms with Crippen LogP contribution in [0.2, 0.25) is 0 Å². The number of benzene rings is 2. The first-order chi connectivity index (χ1) is 12.0. The largest absolute Gasteiger partial charge is 0.497 e. The van der Waals surface area contributed by atoms with Crippen LogP contribution in [0.1, 0.15) is 37.4 Å². The number of carbonyl (C=O) groups excluding carboxylic acids is 1. The molecule has 2 aromatic rings. The topological polar surface area (TPSA) is 65.4 Å². The summed E-state index contributed by atoms with van der Waals surface area (Å²) in [6.07, 6.45) is 0.791. The Morgan fingerprint density at radius 1 is 1.28 bits per heavy atom. The summed E-state index contributed by atoms with van der Waals surface area (Å²) in [6, 6.07) is 15.5. The Labute approximate surface area is 147 Å². The molecule has 0 saturated heterocycles. The first-order valence-electron chi connectivity index (χ1n) is 8.28. The van der Waals surface area contributed by atoms with Crippen LogP contribution in [-0.4, -0.2) is 19.1 Å². The summed E-state index contributed by atoms with van der Waals surface area (Å²) in [6.45, 7) is 3.65. The maximum atomic E-state index is 12.1. The third-order valence-corrected chi connectivity index (χ3v) is 4.58. The summed E-state index contributed by atoms with van der Waals surface area (Å²) < 4.78 is 5.36. The van der Waals surface area contributed by atoms with Gasteiger partial charge in [0.15, 0.2) is 0 Å². The van der Waals surface area contributed by atoms with Crippen molar-refractivity contribution in [3.05, 3.63) is 53.6 Å². The molecule has 0 aromatic heterocycles. The van der Waals surface area contributed by atoms with E-state index in [1.165, 1.54) is 0 Å². The van der Waals surface area contributed by atoms with Crippen LogP contribution in [0.3, 0.4) is 0 Å². The van der Waals surface area contributed by atoms with E-state index in [4.69, 9.17) is 10.00 Å². The standard InChI is InChI=1S/C20H21N3O2/c1-13-10-19(22-16-6-4-15(12-21)5-7-16)18-11-17(25-3)8-9-20(18)23(13)14(2)24/h4-9,11,13,19,22H,10H2,1-3H3. The molecule has 0 bridgehead atoms. The molecule has 0 spiro atoms. The molecule has 1 heterocycles. The monoisotopic (exact) mass is 335 g/mol. The zero-order chi connectivity index (χ0) is 18.0. The fourth-order valence-corrected chi connectivity index (χ4v) is 3.43. The Hall–Kier alpha value is -3.00. The number of nitrogens with zero attached hydrogens (tertiary/aromatic N) is 2. The fraction of sp³-hybridized carbons (Fsp3) is 0.300. The summed E-state index contributed by atoms with van der Waals surface area (Å²) in [5.74, 6) is 0.805. The van der Waals surface area contributed by atoms with Gasteiger partial charge < -0.3 is 15.0 Å². The van der Waals surface area contributed by atoms with E-state index in [0.29, 0.717) is 5.56 Å². The quantitative estimate of drug-likeness (QED) is 0.925. The molecule has 2 unspecified atom stereocenters.